The van der Waals surface area contributed by atoms with Crippen LogP contribution in [0.5, 0.6) is 0 Å². The van der Waals surface area contributed by atoms with Crippen molar-refractivity contribution in [2.24, 2.45) is 5.73 Å². The number of halogens is 1. The molecular formula is C18H23ClN4O2. The Kier molecular flexibility index (Phi) is 6.22. The van der Waals surface area contributed by atoms with E-state index in [2.05, 4.69) is 41.5 Å². The summed E-state index contributed by atoms with van der Waals surface area (Å²) in [6.45, 7) is 4.19. The molecule has 25 heavy (non-hydrogen) atoms. The minimum Gasteiger partial charge on any atom is -0.366 e. The molecule has 0 aliphatic carbocycles. The lowest BCUT2D eigenvalue weighted by Crippen LogP contribution is -2.48. The first-order valence-corrected chi connectivity index (χ1v) is 8.19. The number of hydrogen-bond donors (Lipinski definition) is 3. The Labute approximate surface area is 153 Å². The van der Waals surface area contributed by atoms with E-state index in [9.17, 15) is 9.59 Å². The van der Waals surface area contributed by atoms with Gasteiger partial charge in [0.2, 0.25) is 5.91 Å². The number of primary amides is 1. The van der Waals surface area contributed by atoms with E-state index in [0.29, 0.717) is 24.3 Å². The molecule has 1 aromatic heterocycles. The number of aromatic amines is 1. The molecule has 1 aliphatic rings. The van der Waals surface area contributed by atoms with Crippen LogP contribution >= 0.6 is 12.4 Å². The van der Waals surface area contributed by atoms with Crippen LogP contribution in [-0.4, -0.2) is 41.3 Å². The van der Waals surface area contributed by atoms with Crippen LogP contribution in [0.15, 0.2) is 36.5 Å². The van der Waals surface area contributed by atoms with Gasteiger partial charge < -0.3 is 20.9 Å². The number of hydrogen-bond acceptors (Lipinski definition) is 3. The van der Waals surface area contributed by atoms with Gasteiger partial charge in [0.25, 0.3) is 5.91 Å². The van der Waals surface area contributed by atoms with Crippen molar-refractivity contribution < 1.29 is 9.59 Å². The Morgan fingerprint density at radius 3 is 2.60 bits per heavy atom. The molecule has 0 spiro atoms. The van der Waals surface area contributed by atoms with Gasteiger partial charge >= 0.3 is 0 Å². The zero-order valence-corrected chi connectivity index (χ0v) is 14.9. The van der Waals surface area contributed by atoms with Gasteiger partial charge in [0.05, 0.1) is 11.6 Å². The van der Waals surface area contributed by atoms with Crippen molar-refractivity contribution >= 4 is 24.2 Å². The fraction of sp³-hybridized carbons (Fsp3) is 0.333. The lowest BCUT2D eigenvalue weighted by Gasteiger charge is -2.36. The number of piperazine rings is 1. The first kappa shape index (κ1) is 19.0. The third-order valence-electron chi connectivity index (χ3n) is 4.47. The highest BCUT2D eigenvalue weighted by molar-refractivity contribution is 5.98. The highest BCUT2D eigenvalue weighted by atomic mass is 35.5. The first-order chi connectivity index (χ1) is 11.6. The molecule has 1 atom stereocenters. The number of carbonyl (C=O) groups is 2. The van der Waals surface area contributed by atoms with Crippen LogP contribution in [0, 0.1) is 0 Å². The predicted molar refractivity (Wildman–Crippen MR) is 99.0 cm³/mol. The Morgan fingerprint density at radius 1 is 1.28 bits per heavy atom. The summed E-state index contributed by atoms with van der Waals surface area (Å²) < 4.78 is 0. The van der Waals surface area contributed by atoms with Gasteiger partial charge in [-0.25, -0.2) is 0 Å². The monoisotopic (exact) mass is 362 g/mol. The molecule has 1 unspecified atom stereocenters. The smallest absolute Gasteiger partial charge is 0.270 e. The van der Waals surface area contributed by atoms with Gasteiger partial charge in [-0.05, 0) is 23.6 Å². The first-order valence-electron chi connectivity index (χ1n) is 8.19. The fourth-order valence-electron chi connectivity index (χ4n) is 3.04. The van der Waals surface area contributed by atoms with Gasteiger partial charge in [0, 0.05) is 25.8 Å². The summed E-state index contributed by atoms with van der Waals surface area (Å²) in [4.78, 5) is 28.8. The number of amides is 2. The zero-order chi connectivity index (χ0) is 17.1. The standard InChI is InChI=1S/C18H22N4O2.ClH/c1-2-12-3-5-13(6-4-12)16-11-20-7-8-22(16)18(24)15-9-14(10-21-15)17(19)23;/h3-6,9-10,16,20-21H,2,7-8,11H2,1H3,(H2,19,23);1H. The molecule has 0 saturated carbocycles. The van der Waals surface area contributed by atoms with Crippen LogP contribution in [0.2, 0.25) is 0 Å². The summed E-state index contributed by atoms with van der Waals surface area (Å²) in [6.07, 6.45) is 2.47. The lowest BCUT2D eigenvalue weighted by atomic mass is 10.0. The minimum atomic E-state index is -0.544. The number of aryl methyl sites for hydroxylation is 1. The van der Waals surface area contributed by atoms with Crippen molar-refractivity contribution in [3.63, 3.8) is 0 Å². The summed E-state index contributed by atoms with van der Waals surface area (Å²) in [7, 11) is 0. The fourth-order valence-corrected chi connectivity index (χ4v) is 3.04. The second-order valence-electron chi connectivity index (χ2n) is 5.98. The number of H-pyrrole nitrogens is 1. The topological polar surface area (TPSA) is 91.2 Å². The van der Waals surface area contributed by atoms with Crippen molar-refractivity contribution in [2.75, 3.05) is 19.6 Å². The minimum absolute atomic E-state index is 0. The third-order valence-corrected chi connectivity index (χ3v) is 4.47. The van der Waals surface area contributed by atoms with Crippen LogP contribution in [0.1, 0.15) is 44.9 Å². The molecule has 0 radical (unpaired) electrons. The normalized spacial score (nSPS) is 17.0. The molecule has 2 amide bonds. The van der Waals surface area contributed by atoms with E-state index in [1.165, 1.54) is 17.8 Å². The highest BCUT2D eigenvalue weighted by Crippen LogP contribution is 2.24. The SMILES string of the molecule is CCc1ccc(C2CNCCN2C(=O)c2cc(C(N)=O)c[nH]2)cc1.Cl. The molecule has 1 saturated heterocycles. The van der Waals surface area contributed by atoms with E-state index in [0.717, 1.165) is 18.5 Å². The van der Waals surface area contributed by atoms with Crippen molar-refractivity contribution in [1.29, 1.82) is 0 Å². The summed E-state index contributed by atoms with van der Waals surface area (Å²) in [5.74, 6) is -0.661. The molecule has 1 aliphatic heterocycles. The van der Waals surface area contributed by atoms with Crippen molar-refractivity contribution in [1.82, 2.24) is 15.2 Å². The van der Waals surface area contributed by atoms with Gasteiger partial charge in [0.1, 0.15) is 5.69 Å². The number of rotatable bonds is 4. The van der Waals surface area contributed by atoms with E-state index >= 15 is 0 Å². The van der Waals surface area contributed by atoms with Crippen molar-refractivity contribution in [3.05, 3.63) is 58.9 Å². The highest BCUT2D eigenvalue weighted by Gasteiger charge is 2.29. The van der Waals surface area contributed by atoms with Crippen molar-refractivity contribution in [2.45, 2.75) is 19.4 Å². The van der Waals surface area contributed by atoms with E-state index < -0.39 is 5.91 Å². The molecule has 6 nitrogen and oxygen atoms in total. The second-order valence-corrected chi connectivity index (χ2v) is 5.98. The third kappa shape index (κ3) is 4.03. The van der Waals surface area contributed by atoms with E-state index in [4.69, 9.17) is 5.73 Å². The molecular weight excluding hydrogens is 340 g/mol. The van der Waals surface area contributed by atoms with Gasteiger partial charge in [-0.3, -0.25) is 9.59 Å². The number of carbonyl (C=O) groups excluding carboxylic acids is 2. The predicted octanol–water partition coefficient (Wildman–Crippen LogP) is 1.88. The Bertz CT molecular complexity index is 742. The summed E-state index contributed by atoms with van der Waals surface area (Å²) >= 11 is 0. The average molecular weight is 363 g/mol. The molecule has 7 heteroatoms. The maximum atomic E-state index is 12.9. The van der Waals surface area contributed by atoms with Crippen LogP contribution in [0.25, 0.3) is 0 Å². The number of aromatic nitrogens is 1. The lowest BCUT2D eigenvalue weighted by molar-refractivity contribution is 0.0629. The molecule has 1 fully saturated rings. The summed E-state index contributed by atoms with van der Waals surface area (Å²) in [5.41, 5.74) is 8.34. The van der Waals surface area contributed by atoms with Crippen LogP contribution in [0.3, 0.4) is 0 Å². The van der Waals surface area contributed by atoms with E-state index in [1.807, 2.05) is 4.90 Å². The quantitative estimate of drug-likeness (QED) is 0.775. The maximum absolute atomic E-state index is 12.9. The molecule has 134 valence electrons. The van der Waals surface area contributed by atoms with Crippen molar-refractivity contribution in [3.8, 4) is 0 Å². The molecule has 2 heterocycles. The maximum Gasteiger partial charge on any atom is 0.270 e. The number of nitrogens with zero attached hydrogens (tertiary/aromatic N) is 1. The van der Waals surface area contributed by atoms with Gasteiger partial charge in [-0.2, -0.15) is 0 Å². The summed E-state index contributed by atoms with van der Waals surface area (Å²) in [6, 6.07) is 9.86. The summed E-state index contributed by atoms with van der Waals surface area (Å²) in [5, 5.41) is 3.34. The molecule has 3 rings (SSSR count). The van der Waals surface area contributed by atoms with E-state index in [-0.39, 0.29) is 24.4 Å². The number of benzene rings is 1. The van der Waals surface area contributed by atoms with Crippen LogP contribution < -0.4 is 11.1 Å². The molecule has 1 aromatic carbocycles. The Hall–Kier alpha value is -2.31. The largest absolute Gasteiger partial charge is 0.366 e. The van der Waals surface area contributed by atoms with Gasteiger partial charge in [-0.15, -0.1) is 12.4 Å². The zero-order valence-electron chi connectivity index (χ0n) is 14.1. The Balaban J connectivity index is 0.00000225. The molecule has 0 bridgehead atoms. The average Bonchev–Trinajstić information content (AvgIpc) is 3.12. The number of nitrogens with two attached hydrogens (primary N) is 1. The Morgan fingerprint density at radius 2 is 2.00 bits per heavy atom. The second kappa shape index (κ2) is 8.18. The number of nitrogens with one attached hydrogen (secondary N) is 2. The van der Waals surface area contributed by atoms with Gasteiger partial charge in [-0.1, -0.05) is 31.2 Å². The van der Waals surface area contributed by atoms with Crippen LogP contribution in [0.4, 0.5) is 0 Å². The molecule has 4 N–H and O–H groups in total. The molecule has 2 aromatic rings. The van der Waals surface area contributed by atoms with E-state index in [1.54, 1.807) is 0 Å². The van der Waals surface area contributed by atoms with Crippen LogP contribution in [-0.2, 0) is 6.42 Å². The van der Waals surface area contributed by atoms with Gasteiger partial charge in [0.15, 0.2) is 0 Å².